The van der Waals surface area contributed by atoms with Crippen LogP contribution in [0.3, 0.4) is 0 Å². The van der Waals surface area contributed by atoms with Gasteiger partial charge in [-0.3, -0.25) is 18.7 Å². The number of ether oxygens (including phenoxy) is 2. The molecule has 0 aliphatic rings. The quantitative estimate of drug-likeness (QED) is 0.161. The van der Waals surface area contributed by atoms with Gasteiger partial charge < -0.3 is 14.8 Å². The molecule has 3 N–H and O–H groups in total. The lowest BCUT2D eigenvalue weighted by Gasteiger charge is -2.15. The van der Waals surface area contributed by atoms with Gasteiger partial charge in [-0.2, -0.15) is 27.1 Å². The van der Waals surface area contributed by atoms with Crippen molar-refractivity contribution in [3.63, 3.8) is 0 Å². The number of hydrogen-bond donors (Lipinski definition) is 3. The predicted octanol–water partition coefficient (Wildman–Crippen LogP) is 1.84. The molecule has 0 aliphatic carbocycles. The zero-order chi connectivity index (χ0) is 31.3. The van der Waals surface area contributed by atoms with Crippen LogP contribution in [0.2, 0.25) is 0 Å². The third-order valence-corrected chi connectivity index (χ3v) is 8.62. The van der Waals surface area contributed by atoms with E-state index in [9.17, 15) is 39.4 Å². The average Bonchev–Trinajstić information content (AvgIpc) is 2.82. The van der Waals surface area contributed by atoms with Crippen LogP contribution in [0.4, 0.5) is 11.4 Å². The first-order chi connectivity index (χ1) is 18.8. The first-order valence-electron chi connectivity index (χ1n) is 11.2. The monoisotopic (exact) mass is 637 g/mol. The molecule has 1 amide bonds. The van der Waals surface area contributed by atoms with Crippen LogP contribution in [0.25, 0.3) is 0 Å². The van der Waals surface area contributed by atoms with Crippen LogP contribution >= 0.6 is 0 Å². The summed E-state index contributed by atoms with van der Waals surface area (Å²) >= 11 is 0. The molecule has 0 saturated heterocycles. The van der Waals surface area contributed by atoms with Crippen molar-refractivity contribution < 1.29 is 57.6 Å². The van der Waals surface area contributed by atoms with Gasteiger partial charge in [0.1, 0.15) is 22.1 Å². The van der Waals surface area contributed by atoms with Crippen molar-refractivity contribution in [3.8, 4) is 11.5 Å². The summed E-state index contributed by atoms with van der Waals surface area (Å²) in [4.78, 5) is 24.5. The van der Waals surface area contributed by atoms with Gasteiger partial charge in [0.05, 0.1) is 37.2 Å². The van der Waals surface area contributed by atoms with E-state index in [1.165, 1.54) is 40.2 Å². The molecule has 226 valence electrons. The molecule has 0 bridgehead atoms. The summed E-state index contributed by atoms with van der Waals surface area (Å²) in [6.07, 6.45) is 0. The van der Waals surface area contributed by atoms with Gasteiger partial charge in [0, 0.05) is 12.1 Å². The van der Waals surface area contributed by atoms with Crippen molar-refractivity contribution in [1.82, 2.24) is 0 Å². The molecule has 19 heteroatoms. The van der Waals surface area contributed by atoms with Crippen LogP contribution in [-0.2, 0) is 44.1 Å². The highest BCUT2D eigenvalue weighted by Gasteiger charge is 2.26. The molecule has 0 saturated carbocycles. The van der Waals surface area contributed by atoms with E-state index >= 15 is 0 Å². The van der Waals surface area contributed by atoms with Crippen molar-refractivity contribution >= 4 is 53.4 Å². The Morgan fingerprint density at radius 3 is 1.98 bits per heavy atom. The van der Waals surface area contributed by atoms with Crippen LogP contribution in [0.5, 0.6) is 11.5 Å². The van der Waals surface area contributed by atoms with E-state index in [1.54, 1.807) is 0 Å². The molecular formula is C22H27N3O13S3. The number of benzene rings is 2. The second-order valence-corrected chi connectivity index (χ2v) is 12.9. The van der Waals surface area contributed by atoms with Gasteiger partial charge in [-0.15, -0.1) is 0 Å². The highest BCUT2D eigenvalue weighted by Crippen LogP contribution is 2.34. The van der Waals surface area contributed by atoms with Gasteiger partial charge in [-0.25, -0.2) is 12.6 Å². The van der Waals surface area contributed by atoms with Crippen molar-refractivity contribution in [1.29, 1.82) is 0 Å². The van der Waals surface area contributed by atoms with Crippen molar-refractivity contribution in [2.45, 2.75) is 36.6 Å². The minimum atomic E-state index is -4.84. The summed E-state index contributed by atoms with van der Waals surface area (Å²) in [6.45, 7) is 2.98. The van der Waals surface area contributed by atoms with E-state index < -0.39 is 65.3 Å². The Morgan fingerprint density at radius 2 is 1.46 bits per heavy atom. The molecule has 41 heavy (non-hydrogen) atoms. The van der Waals surface area contributed by atoms with Gasteiger partial charge >= 0.3 is 10.4 Å². The van der Waals surface area contributed by atoms with Gasteiger partial charge in [0.15, 0.2) is 15.6 Å². The number of azo groups is 1. The number of carbonyl (C=O) groups excluding carboxylic acids is 2. The number of sulfone groups is 1. The van der Waals surface area contributed by atoms with E-state index in [-0.39, 0.29) is 38.9 Å². The number of anilines is 1. The molecule has 16 nitrogen and oxygen atoms in total. The second kappa shape index (κ2) is 13.0. The molecule has 0 aliphatic heterocycles. The number of amides is 1. The van der Waals surface area contributed by atoms with Crippen LogP contribution in [0, 0.1) is 13.8 Å². The van der Waals surface area contributed by atoms with Gasteiger partial charge in [0.2, 0.25) is 6.04 Å². The maximum absolute atomic E-state index is 12.9. The van der Waals surface area contributed by atoms with Crippen LogP contribution < -0.4 is 14.8 Å². The first-order valence-corrected chi connectivity index (χ1v) is 15.7. The molecule has 2 aromatic carbocycles. The molecule has 1 atom stereocenters. The molecular weight excluding hydrogens is 610 g/mol. The fraction of sp³-hybridized carbons (Fsp3) is 0.364. The molecule has 0 radical (unpaired) electrons. The molecule has 2 aromatic rings. The Labute approximate surface area is 236 Å². The van der Waals surface area contributed by atoms with E-state index in [0.717, 1.165) is 19.1 Å². The zero-order valence-corrected chi connectivity index (χ0v) is 24.8. The van der Waals surface area contributed by atoms with Gasteiger partial charge in [-0.1, -0.05) is 0 Å². The lowest BCUT2D eigenvalue weighted by molar-refractivity contribution is -0.126. The molecule has 0 fully saturated rings. The Bertz CT molecular complexity index is 1700. The number of methoxy groups -OCH3 is 2. The Kier molecular flexibility index (Phi) is 10.7. The average molecular weight is 638 g/mol. The molecule has 0 spiro atoms. The minimum absolute atomic E-state index is 0.0233. The highest BCUT2D eigenvalue weighted by molar-refractivity contribution is 7.91. The first kappa shape index (κ1) is 33.7. The second-order valence-electron chi connectivity index (χ2n) is 8.37. The minimum Gasteiger partial charge on any atom is -0.495 e. The van der Waals surface area contributed by atoms with Gasteiger partial charge in [-0.05, 0) is 44.0 Å². The number of ketones is 1. The van der Waals surface area contributed by atoms with E-state index in [1.807, 2.05) is 0 Å². The summed E-state index contributed by atoms with van der Waals surface area (Å²) in [5, 5.41) is 10.1. The number of carbonyl (C=O) groups is 2. The summed E-state index contributed by atoms with van der Waals surface area (Å²) in [6, 6.07) is 2.82. The van der Waals surface area contributed by atoms with E-state index in [2.05, 4.69) is 19.7 Å². The molecule has 0 heterocycles. The van der Waals surface area contributed by atoms with Crippen molar-refractivity contribution in [2.75, 3.05) is 31.9 Å². The summed E-state index contributed by atoms with van der Waals surface area (Å²) in [5.41, 5.74) is 0.131. The smallest absolute Gasteiger partial charge is 0.397 e. The lowest BCUT2D eigenvalue weighted by Crippen LogP contribution is -2.32. The molecule has 0 aromatic heterocycles. The topological polar surface area (TPSA) is 241 Å². The SMILES string of the molecule is COc1cc(S(=O)(=O)CCOS(=O)(=O)O)c(C)cc1/N=N/C(C(C)=O)C(=O)Nc1cc(C)c(S(=O)(=O)O)cc1OC. The lowest BCUT2D eigenvalue weighted by atomic mass is 10.1. The van der Waals surface area contributed by atoms with Crippen molar-refractivity contribution in [2.24, 2.45) is 10.2 Å². The Balaban J connectivity index is 2.39. The van der Waals surface area contributed by atoms with E-state index in [0.29, 0.717) is 0 Å². The number of nitrogens with zero attached hydrogens (tertiary/aromatic N) is 2. The number of hydrogen-bond acceptors (Lipinski definition) is 13. The number of rotatable bonds is 13. The third kappa shape index (κ3) is 9.00. The summed E-state index contributed by atoms with van der Waals surface area (Å²) in [5.74, 6) is -2.74. The van der Waals surface area contributed by atoms with Crippen molar-refractivity contribution in [3.05, 3.63) is 35.4 Å². The highest BCUT2D eigenvalue weighted by atomic mass is 32.3. The maximum atomic E-state index is 12.9. The maximum Gasteiger partial charge on any atom is 0.397 e. The predicted molar refractivity (Wildman–Crippen MR) is 142 cm³/mol. The standard InChI is InChI=1S/C22H27N3O13S3/c1-12-9-16(18(37-5)10-19(12)39(28,29)7-6-38-41(33,34)35)24-25-21(14(3)26)22(27)23-15-8-13(2)20(40(30,31)32)11-17(15)36-4/h8-11,21H,6-7H2,1-5H3,(H,23,27)(H,30,31,32)(H,33,34,35)/b25-24+. The summed E-state index contributed by atoms with van der Waals surface area (Å²) < 4.78 is 102. The molecule has 2 rings (SSSR count). The number of nitrogens with one attached hydrogen (secondary N) is 1. The van der Waals surface area contributed by atoms with E-state index in [4.69, 9.17) is 14.0 Å². The fourth-order valence-corrected chi connectivity index (χ4v) is 5.92. The summed E-state index contributed by atoms with van der Waals surface area (Å²) in [7, 11) is -11.2. The Morgan fingerprint density at radius 1 is 0.902 bits per heavy atom. The van der Waals surface area contributed by atoms with Crippen LogP contribution in [0.15, 0.2) is 44.3 Å². The largest absolute Gasteiger partial charge is 0.495 e. The number of aryl methyl sites for hydroxylation is 2. The Hall–Kier alpha value is -3.49. The number of Topliss-reactive ketones (excluding diaryl/α,β-unsaturated/α-hetero) is 1. The third-order valence-electron chi connectivity index (χ3n) is 5.34. The normalized spacial score (nSPS) is 13.1. The van der Waals surface area contributed by atoms with Crippen LogP contribution in [0.1, 0.15) is 18.1 Å². The van der Waals surface area contributed by atoms with Gasteiger partial charge in [0.25, 0.3) is 16.0 Å². The van der Waals surface area contributed by atoms with Crippen LogP contribution in [-0.4, -0.2) is 78.7 Å². The fourth-order valence-electron chi connectivity index (χ4n) is 3.44. The zero-order valence-electron chi connectivity index (χ0n) is 22.3. The molecule has 1 unspecified atom stereocenters.